The predicted molar refractivity (Wildman–Crippen MR) is 132 cm³/mol. The molecule has 1 aromatic carbocycles. The van der Waals surface area contributed by atoms with E-state index in [1.807, 2.05) is 18.2 Å². The lowest BCUT2D eigenvalue weighted by Crippen LogP contribution is -2.54. The van der Waals surface area contributed by atoms with Crippen LogP contribution in [0.2, 0.25) is 0 Å². The van der Waals surface area contributed by atoms with E-state index < -0.39 is 5.60 Å². The minimum atomic E-state index is -1.14. The Kier molecular flexibility index (Phi) is 8.46. The molecule has 0 aromatic heterocycles. The zero-order valence-corrected chi connectivity index (χ0v) is 21.5. The standard InChI is InChI=1S/C27H44N2O4/c1-20-7-12-24(15-21(20)2)33-19-27(31)17-28(13-14-29(18-27)25(30)16-32-6)23-10-8-22(9-11-23)26(3,4)5/h7,12,15,22-23,31H,8-11,13-14,16-19H2,1-6H3. The molecule has 0 radical (unpaired) electrons. The first kappa shape index (κ1) is 26.0. The van der Waals surface area contributed by atoms with E-state index in [2.05, 4.69) is 39.5 Å². The van der Waals surface area contributed by atoms with Crippen molar-refractivity contribution >= 4 is 5.91 Å². The van der Waals surface area contributed by atoms with Gasteiger partial charge in [0, 0.05) is 32.8 Å². The fourth-order valence-electron chi connectivity index (χ4n) is 5.35. The summed E-state index contributed by atoms with van der Waals surface area (Å²) in [4.78, 5) is 16.8. The van der Waals surface area contributed by atoms with Gasteiger partial charge in [-0.3, -0.25) is 9.69 Å². The van der Waals surface area contributed by atoms with Gasteiger partial charge in [0.1, 0.15) is 24.6 Å². The molecule has 1 aliphatic carbocycles. The van der Waals surface area contributed by atoms with E-state index >= 15 is 0 Å². The number of aryl methyl sites for hydroxylation is 2. The van der Waals surface area contributed by atoms with E-state index in [-0.39, 0.29) is 25.7 Å². The summed E-state index contributed by atoms with van der Waals surface area (Å²) in [5.74, 6) is 1.41. The second kappa shape index (κ2) is 10.7. The van der Waals surface area contributed by atoms with E-state index in [0.29, 0.717) is 24.5 Å². The number of hydrogen-bond donors (Lipinski definition) is 1. The lowest BCUT2D eigenvalue weighted by molar-refractivity contribution is -0.138. The highest BCUT2D eigenvalue weighted by atomic mass is 16.5. The van der Waals surface area contributed by atoms with Crippen molar-refractivity contribution in [3.05, 3.63) is 29.3 Å². The second-order valence-corrected chi connectivity index (χ2v) is 11.3. The van der Waals surface area contributed by atoms with Gasteiger partial charge >= 0.3 is 0 Å². The summed E-state index contributed by atoms with van der Waals surface area (Å²) < 4.78 is 11.2. The summed E-state index contributed by atoms with van der Waals surface area (Å²) in [6, 6.07) is 6.43. The molecule has 0 bridgehead atoms. The molecule has 1 atom stereocenters. The Morgan fingerprint density at radius 1 is 1.09 bits per heavy atom. The molecule has 1 amide bonds. The van der Waals surface area contributed by atoms with Crippen LogP contribution in [0.1, 0.15) is 57.6 Å². The van der Waals surface area contributed by atoms with E-state index in [4.69, 9.17) is 9.47 Å². The van der Waals surface area contributed by atoms with Gasteiger partial charge in [-0.1, -0.05) is 26.8 Å². The highest BCUT2D eigenvalue weighted by molar-refractivity contribution is 5.77. The number of β-amino-alcohol motifs (C(OH)–C–C–N with tert-alkyl or cyclic N) is 1. The van der Waals surface area contributed by atoms with Crippen molar-refractivity contribution in [1.82, 2.24) is 9.80 Å². The third-order valence-electron chi connectivity index (χ3n) is 7.68. The van der Waals surface area contributed by atoms with Crippen molar-refractivity contribution in [2.75, 3.05) is 46.5 Å². The number of ether oxygens (including phenoxy) is 2. The molecule has 33 heavy (non-hydrogen) atoms. The molecule has 1 saturated carbocycles. The van der Waals surface area contributed by atoms with Crippen LogP contribution in [-0.4, -0.2) is 79.0 Å². The van der Waals surface area contributed by atoms with Crippen molar-refractivity contribution < 1.29 is 19.4 Å². The van der Waals surface area contributed by atoms with Crippen molar-refractivity contribution in [2.45, 2.75) is 71.9 Å². The first-order valence-electron chi connectivity index (χ1n) is 12.4. The fraction of sp³-hybridized carbons (Fsp3) is 0.741. The molecule has 6 nitrogen and oxygen atoms in total. The number of nitrogens with zero attached hydrogens (tertiary/aromatic N) is 2. The largest absolute Gasteiger partial charge is 0.490 e. The quantitative estimate of drug-likeness (QED) is 0.700. The Hall–Kier alpha value is -1.63. The van der Waals surface area contributed by atoms with Gasteiger partial charge in [-0.25, -0.2) is 0 Å². The molecule has 1 aromatic rings. The summed E-state index contributed by atoms with van der Waals surface area (Å²) in [5, 5.41) is 11.7. The smallest absolute Gasteiger partial charge is 0.248 e. The third kappa shape index (κ3) is 6.93. The van der Waals surface area contributed by atoms with Crippen molar-refractivity contribution in [3.8, 4) is 5.75 Å². The molecule has 1 N–H and O–H groups in total. The number of hydrogen-bond acceptors (Lipinski definition) is 5. The maximum absolute atomic E-state index is 12.7. The van der Waals surface area contributed by atoms with E-state index in [1.54, 1.807) is 4.90 Å². The predicted octanol–water partition coefficient (Wildman–Crippen LogP) is 3.81. The van der Waals surface area contributed by atoms with Gasteiger partial charge < -0.3 is 19.5 Å². The highest BCUT2D eigenvalue weighted by Crippen LogP contribution is 2.39. The molecule has 186 valence electrons. The van der Waals surface area contributed by atoms with Crippen molar-refractivity contribution in [2.24, 2.45) is 11.3 Å². The fourth-order valence-corrected chi connectivity index (χ4v) is 5.35. The third-order valence-corrected chi connectivity index (χ3v) is 7.68. The maximum Gasteiger partial charge on any atom is 0.248 e. The highest BCUT2D eigenvalue weighted by Gasteiger charge is 2.41. The van der Waals surface area contributed by atoms with Gasteiger partial charge in [0.25, 0.3) is 0 Å². The van der Waals surface area contributed by atoms with E-state index in [0.717, 1.165) is 36.6 Å². The SMILES string of the molecule is COCC(=O)N1CCN(C2CCC(C(C)(C)C)CC2)CC(O)(COc2ccc(C)c(C)c2)C1. The first-order valence-corrected chi connectivity index (χ1v) is 12.4. The molecule has 1 heterocycles. The minimum Gasteiger partial charge on any atom is -0.490 e. The van der Waals surface area contributed by atoms with Gasteiger partial charge in [-0.15, -0.1) is 0 Å². The minimum absolute atomic E-state index is 0.0325. The van der Waals surface area contributed by atoms with Crippen molar-refractivity contribution in [1.29, 1.82) is 0 Å². The number of rotatable bonds is 6. The number of amides is 1. The van der Waals surface area contributed by atoms with E-state index in [9.17, 15) is 9.90 Å². The lowest BCUT2D eigenvalue weighted by Gasteiger charge is -2.42. The lowest BCUT2D eigenvalue weighted by atomic mass is 9.71. The molecule has 0 spiro atoms. The Balaban J connectivity index is 1.72. The topological polar surface area (TPSA) is 62.2 Å². The second-order valence-electron chi connectivity index (χ2n) is 11.3. The molecule has 1 unspecified atom stereocenters. The Labute approximate surface area is 200 Å². The summed E-state index contributed by atoms with van der Waals surface area (Å²) >= 11 is 0. The van der Waals surface area contributed by atoms with Crippen LogP contribution < -0.4 is 4.74 Å². The molecule has 2 aliphatic rings. The van der Waals surface area contributed by atoms with Crippen LogP contribution in [0.5, 0.6) is 5.75 Å². The van der Waals surface area contributed by atoms with Gasteiger partial charge in [-0.2, -0.15) is 0 Å². The number of benzene rings is 1. The molecule has 6 heteroatoms. The average Bonchev–Trinajstić information content (AvgIpc) is 2.94. The van der Waals surface area contributed by atoms with Crippen LogP contribution in [0.3, 0.4) is 0 Å². The maximum atomic E-state index is 12.7. The molecular formula is C27H44N2O4. The van der Waals surface area contributed by atoms with Crippen LogP contribution in [0.25, 0.3) is 0 Å². The number of aliphatic hydroxyl groups is 1. The van der Waals surface area contributed by atoms with Gasteiger partial charge in [0.05, 0.1) is 6.54 Å². The van der Waals surface area contributed by atoms with Gasteiger partial charge in [-0.05, 0) is 74.1 Å². The summed E-state index contributed by atoms with van der Waals surface area (Å²) in [7, 11) is 1.53. The van der Waals surface area contributed by atoms with Gasteiger partial charge in [0.2, 0.25) is 5.91 Å². The zero-order chi connectivity index (χ0) is 24.2. The molecule has 1 aliphatic heterocycles. The van der Waals surface area contributed by atoms with E-state index in [1.165, 1.54) is 25.5 Å². The zero-order valence-electron chi connectivity index (χ0n) is 21.5. The molecule has 3 rings (SSSR count). The summed E-state index contributed by atoms with van der Waals surface area (Å²) in [5.41, 5.74) is 1.58. The Morgan fingerprint density at radius 2 is 1.79 bits per heavy atom. The van der Waals surface area contributed by atoms with Crippen molar-refractivity contribution in [3.63, 3.8) is 0 Å². The summed E-state index contributed by atoms with van der Waals surface area (Å²) in [6.45, 7) is 13.5. The number of methoxy groups -OCH3 is 1. The molecule has 1 saturated heterocycles. The van der Waals surface area contributed by atoms with Crippen LogP contribution in [0, 0.1) is 25.2 Å². The van der Waals surface area contributed by atoms with Crippen LogP contribution >= 0.6 is 0 Å². The van der Waals surface area contributed by atoms with Gasteiger partial charge in [0.15, 0.2) is 0 Å². The summed E-state index contributed by atoms with van der Waals surface area (Å²) in [6.07, 6.45) is 4.72. The van der Waals surface area contributed by atoms with Crippen LogP contribution in [-0.2, 0) is 9.53 Å². The number of carbonyl (C=O) groups is 1. The average molecular weight is 461 g/mol. The first-order chi connectivity index (χ1) is 15.5. The van der Waals surface area contributed by atoms with Crippen LogP contribution in [0.15, 0.2) is 18.2 Å². The monoisotopic (exact) mass is 460 g/mol. The molecule has 2 fully saturated rings. The Morgan fingerprint density at radius 3 is 2.39 bits per heavy atom. The molecular weight excluding hydrogens is 416 g/mol. The number of carbonyl (C=O) groups excluding carboxylic acids is 1. The van der Waals surface area contributed by atoms with Crippen LogP contribution in [0.4, 0.5) is 0 Å². The Bertz CT molecular complexity index is 798. The normalized spacial score (nSPS) is 27.3.